The van der Waals surface area contributed by atoms with E-state index in [0.29, 0.717) is 11.7 Å². The van der Waals surface area contributed by atoms with E-state index in [-0.39, 0.29) is 5.56 Å². The van der Waals surface area contributed by atoms with Crippen LogP contribution in [0.15, 0.2) is 12.3 Å². The minimum atomic E-state index is -0.966. The van der Waals surface area contributed by atoms with Crippen molar-refractivity contribution in [3.8, 4) is 0 Å². The van der Waals surface area contributed by atoms with Crippen molar-refractivity contribution in [2.45, 2.75) is 20.8 Å². The molecule has 0 aromatic carbocycles. The largest absolute Gasteiger partial charge is 0.478 e. The summed E-state index contributed by atoms with van der Waals surface area (Å²) in [6.07, 6.45) is 1.40. The highest BCUT2D eigenvalue weighted by molar-refractivity contribution is 5.93. The molecule has 1 aromatic rings. The predicted octanol–water partition coefficient (Wildman–Crippen LogP) is 1.66. The molecule has 5 heteroatoms. The molecule has 0 radical (unpaired) electrons. The van der Waals surface area contributed by atoms with Gasteiger partial charge in [-0.15, -0.1) is 5.10 Å². The molecule has 1 rings (SSSR count). The molecule has 0 spiro atoms. The molecular formula is C11H17N3O2. The average molecular weight is 223 g/mol. The molecule has 0 aliphatic rings. The maximum atomic E-state index is 11.0. The maximum absolute atomic E-state index is 11.0. The maximum Gasteiger partial charge on any atom is 0.339 e. The zero-order valence-electron chi connectivity index (χ0n) is 9.84. The molecule has 5 nitrogen and oxygen atoms in total. The van der Waals surface area contributed by atoms with E-state index < -0.39 is 5.97 Å². The minimum Gasteiger partial charge on any atom is -0.478 e. The van der Waals surface area contributed by atoms with Crippen LogP contribution in [0.4, 0.5) is 5.82 Å². The quantitative estimate of drug-likeness (QED) is 0.822. The molecular weight excluding hydrogens is 206 g/mol. The van der Waals surface area contributed by atoms with Crippen molar-refractivity contribution in [1.82, 2.24) is 10.2 Å². The Labute approximate surface area is 95.1 Å². The van der Waals surface area contributed by atoms with Crippen LogP contribution < -0.4 is 4.90 Å². The van der Waals surface area contributed by atoms with Gasteiger partial charge in [0.15, 0.2) is 5.82 Å². The van der Waals surface area contributed by atoms with E-state index in [1.807, 2.05) is 11.8 Å². The lowest BCUT2D eigenvalue weighted by atomic mass is 10.2. The normalized spacial score (nSPS) is 10.5. The molecule has 16 heavy (non-hydrogen) atoms. The van der Waals surface area contributed by atoms with Crippen molar-refractivity contribution >= 4 is 11.8 Å². The van der Waals surface area contributed by atoms with E-state index in [0.717, 1.165) is 13.1 Å². The molecule has 0 aliphatic heterocycles. The number of nitrogens with zero attached hydrogens (tertiary/aromatic N) is 3. The Hall–Kier alpha value is -1.65. The molecule has 1 heterocycles. The van der Waals surface area contributed by atoms with Crippen molar-refractivity contribution in [3.05, 3.63) is 17.8 Å². The number of aromatic nitrogens is 2. The SMILES string of the molecule is CCN(CC(C)C)c1nnccc1C(=O)O. The summed E-state index contributed by atoms with van der Waals surface area (Å²) in [6.45, 7) is 7.63. The average Bonchev–Trinajstić information content (AvgIpc) is 2.25. The van der Waals surface area contributed by atoms with Crippen molar-refractivity contribution in [3.63, 3.8) is 0 Å². The Morgan fingerprint density at radius 2 is 2.25 bits per heavy atom. The zero-order chi connectivity index (χ0) is 12.1. The van der Waals surface area contributed by atoms with Gasteiger partial charge in [0, 0.05) is 13.1 Å². The molecule has 88 valence electrons. The summed E-state index contributed by atoms with van der Waals surface area (Å²) in [7, 11) is 0. The molecule has 0 aliphatic carbocycles. The van der Waals surface area contributed by atoms with Crippen LogP contribution in [-0.2, 0) is 0 Å². The second-order valence-electron chi connectivity index (χ2n) is 4.01. The summed E-state index contributed by atoms with van der Waals surface area (Å²) in [4.78, 5) is 13.0. The lowest BCUT2D eigenvalue weighted by Gasteiger charge is -2.24. The van der Waals surface area contributed by atoms with Crippen LogP contribution in [-0.4, -0.2) is 34.4 Å². The van der Waals surface area contributed by atoms with Gasteiger partial charge in [-0.25, -0.2) is 4.79 Å². The van der Waals surface area contributed by atoms with Crippen molar-refractivity contribution in [1.29, 1.82) is 0 Å². The third-order valence-corrected chi connectivity index (χ3v) is 2.20. The van der Waals surface area contributed by atoms with Gasteiger partial charge >= 0.3 is 5.97 Å². The number of carboxylic acids is 1. The van der Waals surface area contributed by atoms with Crippen molar-refractivity contribution in [2.24, 2.45) is 5.92 Å². The standard InChI is InChI=1S/C11H17N3O2/c1-4-14(7-8(2)3)10-9(11(15)16)5-6-12-13-10/h5-6,8H,4,7H2,1-3H3,(H,15,16). The topological polar surface area (TPSA) is 66.3 Å². The van der Waals surface area contributed by atoms with Gasteiger partial charge in [0.05, 0.1) is 6.20 Å². The van der Waals surface area contributed by atoms with E-state index in [2.05, 4.69) is 24.0 Å². The fraction of sp³-hybridized carbons (Fsp3) is 0.545. The first-order chi connectivity index (χ1) is 7.56. The van der Waals surface area contributed by atoms with Crippen LogP contribution in [0.25, 0.3) is 0 Å². The Morgan fingerprint density at radius 1 is 1.56 bits per heavy atom. The molecule has 0 bridgehead atoms. The smallest absolute Gasteiger partial charge is 0.339 e. The van der Waals surface area contributed by atoms with Crippen molar-refractivity contribution in [2.75, 3.05) is 18.0 Å². The fourth-order valence-electron chi connectivity index (χ4n) is 1.53. The molecule has 0 amide bonds. The minimum absolute atomic E-state index is 0.206. The van der Waals surface area contributed by atoms with E-state index in [9.17, 15) is 4.79 Å². The van der Waals surface area contributed by atoms with Gasteiger partial charge < -0.3 is 10.0 Å². The molecule has 0 unspecified atom stereocenters. The summed E-state index contributed by atoms with van der Waals surface area (Å²) < 4.78 is 0. The van der Waals surface area contributed by atoms with Gasteiger partial charge in [-0.1, -0.05) is 13.8 Å². The lowest BCUT2D eigenvalue weighted by Crippen LogP contribution is -2.30. The summed E-state index contributed by atoms with van der Waals surface area (Å²) >= 11 is 0. The first kappa shape index (κ1) is 12.4. The van der Waals surface area contributed by atoms with Gasteiger partial charge in [-0.05, 0) is 18.9 Å². The Balaban J connectivity index is 3.04. The Morgan fingerprint density at radius 3 is 2.75 bits per heavy atom. The molecule has 1 N–H and O–H groups in total. The number of hydrogen-bond donors (Lipinski definition) is 1. The summed E-state index contributed by atoms with van der Waals surface area (Å²) in [6, 6.07) is 1.48. The van der Waals surface area contributed by atoms with Crippen LogP contribution >= 0.6 is 0 Å². The third-order valence-electron chi connectivity index (χ3n) is 2.20. The number of carboxylic acid groups (broad SMARTS) is 1. The zero-order valence-corrected chi connectivity index (χ0v) is 9.84. The number of hydrogen-bond acceptors (Lipinski definition) is 4. The number of carbonyl (C=O) groups is 1. The van der Waals surface area contributed by atoms with Gasteiger partial charge in [-0.2, -0.15) is 5.10 Å². The number of rotatable bonds is 5. The van der Waals surface area contributed by atoms with Gasteiger partial charge in [0.25, 0.3) is 0 Å². The predicted molar refractivity (Wildman–Crippen MR) is 61.7 cm³/mol. The van der Waals surface area contributed by atoms with E-state index in [1.54, 1.807) is 0 Å². The Bertz CT molecular complexity index is 366. The molecule has 0 saturated heterocycles. The van der Waals surface area contributed by atoms with Crippen LogP contribution in [0.5, 0.6) is 0 Å². The van der Waals surface area contributed by atoms with Gasteiger partial charge in [0.1, 0.15) is 5.56 Å². The summed E-state index contributed by atoms with van der Waals surface area (Å²) in [5, 5.41) is 16.7. The molecule has 0 atom stereocenters. The van der Waals surface area contributed by atoms with E-state index >= 15 is 0 Å². The lowest BCUT2D eigenvalue weighted by molar-refractivity contribution is 0.0697. The number of aromatic carboxylic acids is 1. The van der Waals surface area contributed by atoms with Gasteiger partial charge in [0.2, 0.25) is 0 Å². The first-order valence-electron chi connectivity index (χ1n) is 5.36. The number of anilines is 1. The van der Waals surface area contributed by atoms with Crippen LogP contribution in [0.1, 0.15) is 31.1 Å². The van der Waals surface area contributed by atoms with E-state index in [4.69, 9.17) is 5.11 Å². The monoisotopic (exact) mass is 223 g/mol. The van der Waals surface area contributed by atoms with Gasteiger partial charge in [-0.3, -0.25) is 0 Å². The highest BCUT2D eigenvalue weighted by atomic mass is 16.4. The van der Waals surface area contributed by atoms with E-state index in [1.165, 1.54) is 12.3 Å². The molecule has 1 aromatic heterocycles. The molecule has 0 saturated carbocycles. The molecule has 0 fully saturated rings. The second kappa shape index (κ2) is 5.44. The summed E-state index contributed by atoms with van der Waals surface area (Å²) in [5.74, 6) is -0.0677. The first-order valence-corrected chi connectivity index (χ1v) is 5.36. The summed E-state index contributed by atoms with van der Waals surface area (Å²) in [5.41, 5.74) is 0.206. The fourth-order valence-corrected chi connectivity index (χ4v) is 1.53. The highest BCUT2D eigenvalue weighted by Crippen LogP contribution is 2.17. The Kier molecular flexibility index (Phi) is 4.22. The van der Waals surface area contributed by atoms with Crippen LogP contribution in [0.3, 0.4) is 0 Å². The van der Waals surface area contributed by atoms with Crippen LogP contribution in [0.2, 0.25) is 0 Å². The third kappa shape index (κ3) is 2.92. The van der Waals surface area contributed by atoms with Crippen molar-refractivity contribution < 1.29 is 9.90 Å². The second-order valence-corrected chi connectivity index (χ2v) is 4.01. The van der Waals surface area contributed by atoms with Crippen LogP contribution in [0, 0.1) is 5.92 Å². The highest BCUT2D eigenvalue weighted by Gasteiger charge is 2.17.